The van der Waals surface area contributed by atoms with Crippen LogP contribution in [0.5, 0.6) is 0 Å². The lowest BCUT2D eigenvalue weighted by Crippen LogP contribution is -2.53. The van der Waals surface area contributed by atoms with Crippen molar-refractivity contribution >= 4 is 5.96 Å². The molecule has 0 saturated carbocycles. The maximum absolute atomic E-state index is 5.95. The molecule has 2 atom stereocenters. The Hall–Kier alpha value is -1.66. The number of nitrogens with one attached hydrogen (secondary N) is 1. The van der Waals surface area contributed by atoms with Gasteiger partial charge in [0.25, 0.3) is 0 Å². The molecule has 1 aromatic rings. The first kappa shape index (κ1) is 18.1. The Bertz CT molecular complexity index is 572. The number of pyridine rings is 1. The summed E-state index contributed by atoms with van der Waals surface area (Å²) in [6.07, 6.45) is 7.34. The van der Waals surface area contributed by atoms with Crippen LogP contribution in [0.1, 0.15) is 30.9 Å². The number of aryl methyl sites for hydroxylation is 1. The highest BCUT2D eigenvalue weighted by molar-refractivity contribution is 5.80. The Labute approximate surface area is 150 Å². The monoisotopic (exact) mass is 346 g/mol. The third-order valence-electron chi connectivity index (χ3n) is 4.89. The molecule has 0 spiro atoms. The van der Waals surface area contributed by atoms with E-state index in [0.29, 0.717) is 0 Å². The summed E-state index contributed by atoms with van der Waals surface area (Å²) in [6, 6.07) is 2.08. The second kappa shape index (κ2) is 9.15. The number of rotatable bonds is 5. The minimum Gasteiger partial charge on any atom is -0.375 e. The second-order valence-electron chi connectivity index (χ2n) is 6.69. The van der Waals surface area contributed by atoms with Crippen LogP contribution in [0.3, 0.4) is 0 Å². The zero-order valence-electron chi connectivity index (χ0n) is 15.4. The molecule has 6 heteroatoms. The van der Waals surface area contributed by atoms with Crippen LogP contribution in [-0.4, -0.2) is 67.4 Å². The predicted molar refractivity (Wildman–Crippen MR) is 98.9 cm³/mol. The highest BCUT2D eigenvalue weighted by atomic mass is 16.5. The largest absolute Gasteiger partial charge is 0.375 e. The van der Waals surface area contributed by atoms with Crippen molar-refractivity contribution in [2.75, 3.05) is 39.4 Å². The molecule has 138 valence electrons. The van der Waals surface area contributed by atoms with E-state index in [1.165, 1.54) is 11.1 Å². The molecule has 1 aromatic heterocycles. The van der Waals surface area contributed by atoms with Crippen LogP contribution in [0.15, 0.2) is 23.5 Å². The summed E-state index contributed by atoms with van der Waals surface area (Å²) in [7, 11) is 0. The number of guanidine groups is 1. The quantitative estimate of drug-likeness (QED) is 0.650. The molecule has 2 unspecified atom stereocenters. The van der Waals surface area contributed by atoms with Crippen molar-refractivity contribution in [3.8, 4) is 0 Å². The SMILES string of the molecule is CCNC(=NCCc1ccncc1C)N1CCOC(C2CCCO2)C1. The first-order valence-electron chi connectivity index (χ1n) is 9.44. The molecule has 6 nitrogen and oxygen atoms in total. The van der Waals surface area contributed by atoms with Gasteiger partial charge in [-0.2, -0.15) is 0 Å². The zero-order valence-corrected chi connectivity index (χ0v) is 15.4. The van der Waals surface area contributed by atoms with Crippen LogP contribution >= 0.6 is 0 Å². The predicted octanol–water partition coefficient (Wildman–Crippen LogP) is 1.78. The Morgan fingerprint density at radius 3 is 3.00 bits per heavy atom. The van der Waals surface area contributed by atoms with E-state index in [1.54, 1.807) is 0 Å². The molecule has 2 fully saturated rings. The zero-order chi connectivity index (χ0) is 17.5. The number of hydrogen-bond acceptors (Lipinski definition) is 4. The van der Waals surface area contributed by atoms with Crippen molar-refractivity contribution in [2.24, 2.45) is 4.99 Å². The van der Waals surface area contributed by atoms with Gasteiger partial charge in [-0.05, 0) is 50.3 Å². The van der Waals surface area contributed by atoms with Gasteiger partial charge in [0.1, 0.15) is 6.10 Å². The van der Waals surface area contributed by atoms with E-state index in [0.717, 1.165) is 64.6 Å². The van der Waals surface area contributed by atoms with E-state index in [4.69, 9.17) is 14.5 Å². The van der Waals surface area contributed by atoms with Crippen molar-refractivity contribution in [3.05, 3.63) is 29.6 Å². The Balaban J connectivity index is 1.60. The molecular formula is C19H30N4O2. The van der Waals surface area contributed by atoms with Gasteiger partial charge in [0.2, 0.25) is 0 Å². The van der Waals surface area contributed by atoms with Crippen LogP contribution in [0, 0.1) is 6.92 Å². The third kappa shape index (κ3) is 4.92. The average Bonchev–Trinajstić information content (AvgIpc) is 3.17. The van der Waals surface area contributed by atoms with Crippen LogP contribution in [0.4, 0.5) is 0 Å². The molecule has 2 aliphatic rings. The lowest BCUT2D eigenvalue weighted by atomic mass is 10.1. The van der Waals surface area contributed by atoms with Gasteiger partial charge in [-0.3, -0.25) is 9.98 Å². The minimum atomic E-state index is 0.155. The molecule has 3 rings (SSSR count). The summed E-state index contributed by atoms with van der Waals surface area (Å²) in [4.78, 5) is 11.3. The smallest absolute Gasteiger partial charge is 0.194 e. The lowest BCUT2D eigenvalue weighted by molar-refractivity contribution is -0.0817. The van der Waals surface area contributed by atoms with Gasteiger partial charge in [-0.1, -0.05) is 0 Å². The first-order chi connectivity index (χ1) is 12.3. The maximum Gasteiger partial charge on any atom is 0.194 e. The molecular weight excluding hydrogens is 316 g/mol. The van der Waals surface area contributed by atoms with E-state index in [2.05, 4.69) is 35.1 Å². The van der Waals surface area contributed by atoms with Crippen molar-refractivity contribution in [1.82, 2.24) is 15.2 Å². The number of hydrogen-bond donors (Lipinski definition) is 1. The summed E-state index contributed by atoms with van der Waals surface area (Å²) in [5.41, 5.74) is 2.54. The van der Waals surface area contributed by atoms with E-state index in [-0.39, 0.29) is 12.2 Å². The van der Waals surface area contributed by atoms with Gasteiger partial charge < -0.3 is 19.7 Å². The Morgan fingerprint density at radius 2 is 2.24 bits per heavy atom. The van der Waals surface area contributed by atoms with E-state index in [1.807, 2.05) is 12.4 Å². The van der Waals surface area contributed by atoms with Gasteiger partial charge in [0, 0.05) is 45.2 Å². The normalized spacial score (nSPS) is 24.6. The second-order valence-corrected chi connectivity index (χ2v) is 6.69. The fourth-order valence-corrected chi connectivity index (χ4v) is 3.48. The van der Waals surface area contributed by atoms with Gasteiger partial charge in [0.15, 0.2) is 5.96 Å². The number of aliphatic imine (C=N–C) groups is 1. The Morgan fingerprint density at radius 1 is 1.36 bits per heavy atom. The van der Waals surface area contributed by atoms with Crippen LogP contribution < -0.4 is 5.32 Å². The number of nitrogens with zero attached hydrogens (tertiary/aromatic N) is 3. The molecule has 0 radical (unpaired) electrons. The summed E-state index contributed by atoms with van der Waals surface area (Å²) in [6.45, 7) is 9.19. The Kier molecular flexibility index (Phi) is 6.64. The number of aromatic nitrogens is 1. The van der Waals surface area contributed by atoms with Gasteiger partial charge in [-0.25, -0.2) is 0 Å². The molecule has 0 bridgehead atoms. The van der Waals surface area contributed by atoms with Crippen LogP contribution in [0.2, 0.25) is 0 Å². The fraction of sp³-hybridized carbons (Fsp3) is 0.684. The standard InChI is InChI=1S/C19H30N4O2/c1-3-21-19(22-9-7-16-6-8-20-13-15(16)2)23-10-12-25-18(14-23)17-5-4-11-24-17/h6,8,13,17-18H,3-5,7,9-12,14H2,1-2H3,(H,21,22). The fourth-order valence-electron chi connectivity index (χ4n) is 3.48. The maximum atomic E-state index is 5.95. The van der Waals surface area contributed by atoms with E-state index >= 15 is 0 Å². The van der Waals surface area contributed by atoms with Crippen molar-refractivity contribution < 1.29 is 9.47 Å². The molecule has 0 aromatic carbocycles. The lowest BCUT2D eigenvalue weighted by Gasteiger charge is -2.37. The molecule has 25 heavy (non-hydrogen) atoms. The third-order valence-corrected chi connectivity index (χ3v) is 4.89. The molecule has 0 amide bonds. The molecule has 1 N–H and O–H groups in total. The van der Waals surface area contributed by atoms with E-state index < -0.39 is 0 Å². The number of ether oxygens (including phenoxy) is 2. The van der Waals surface area contributed by atoms with Crippen molar-refractivity contribution in [2.45, 2.75) is 45.3 Å². The molecule has 2 aliphatic heterocycles. The summed E-state index contributed by atoms with van der Waals surface area (Å²) < 4.78 is 11.8. The highest BCUT2D eigenvalue weighted by Crippen LogP contribution is 2.21. The van der Waals surface area contributed by atoms with Crippen LogP contribution in [0.25, 0.3) is 0 Å². The topological polar surface area (TPSA) is 59.0 Å². The molecule has 2 saturated heterocycles. The van der Waals surface area contributed by atoms with Gasteiger partial charge >= 0.3 is 0 Å². The molecule has 3 heterocycles. The van der Waals surface area contributed by atoms with E-state index in [9.17, 15) is 0 Å². The first-order valence-corrected chi connectivity index (χ1v) is 9.44. The van der Waals surface area contributed by atoms with Crippen molar-refractivity contribution in [3.63, 3.8) is 0 Å². The highest BCUT2D eigenvalue weighted by Gasteiger charge is 2.32. The molecule has 0 aliphatic carbocycles. The van der Waals surface area contributed by atoms with Gasteiger partial charge in [-0.15, -0.1) is 0 Å². The van der Waals surface area contributed by atoms with Gasteiger partial charge in [0.05, 0.1) is 12.7 Å². The van der Waals surface area contributed by atoms with Crippen molar-refractivity contribution in [1.29, 1.82) is 0 Å². The van der Waals surface area contributed by atoms with Crippen LogP contribution in [-0.2, 0) is 15.9 Å². The number of morpholine rings is 1. The minimum absolute atomic E-state index is 0.155. The summed E-state index contributed by atoms with van der Waals surface area (Å²) in [5.74, 6) is 0.987. The average molecular weight is 346 g/mol. The summed E-state index contributed by atoms with van der Waals surface area (Å²) in [5, 5.41) is 3.43. The summed E-state index contributed by atoms with van der Waals surface area (Å²) >= 11 is 0.